The molecule has 2 aromatic rings. The zero-order valence-electron chi connectivity index (χ0n) is 11.0. The number of carbonyl (C=O) groups excluding carboxylic acids is 1. The topological polar surface area (TPSA) is 81.0 Å². The van der Waals surface area contributed by atoms with Crippen molar-refractivity contribution in [1.29, 1.82) is 5.26 Å². The van der Waals surface area contributed by atoms with Crippen LogP contribution in [0.25, 0.3) is 5.69 Å². The van der Waals surface area contributed by atoms with E-state index in [0.29, 0.717) is 11.3 Å². The summed E-state index contributed by atoms with van der Waals surface area (Å²) in [6.45, 7) is 1.58. The van der Waals surface area contributed by atoms with Gasteiger partial charge in [-0.05, 0) is 19.1 Å². The molecular formula is C14H12FN3O2. The number of carbonyl (C=O) groups is 1. The molecule has 0 aliphatic carbocycles. The Labute approximate surface area is 115 Å². The highest BCUT2D eigenvalue weighted by Crippen LogP contribution is 2.27. The van der Waals surface area contributed by atoms with E-state index in [9.17, 15) is 9.18 Å². The molecule has 0 aliphatic heterocycles. The number of anilines is 1. The van der Waals surface area contributed by atoms with Crippen LogP contribution in [0.1, 0.15) is 21.6 Å². The molecule has 1 aromatic carbocycles. The minimum Gasteiger partial charge on any atom is -0.464 e. The summed E-state index contributed by atoms with van der Waals surface area (Å²) in [5, 5.41) is 9.01. The van der Waals surface area contributed by atoms with Crippen LogP contribution in [0, 0.1) is 24.1 Å². The number of ether oxygens (including phenoxy) is 1. The number of nitrogen functional groups attached to an aromatic ring is 1. The predicted octanol–water partition coefficient (Wildman–Crippen LogP) is 2.17. The maximum atomic E-state index is 13.6. The van der Waals surface area contributed by atoms with Gasteiger partial charge < -0.3 is 15.0 Å². The number of nitrogens with two attached hydrogens (primary N) is 1. The zero-order chi connectivity index (χ0) is 14.9. The van der Waals surface area contributed by atoms with Gasteiger partial charge in [0.1, 0.15) is 11.9 Å². The van der Waals surface area contributed by atoms with Crippen molar-refractivity contribution in [2.24, 2.45) is 0 Å². The van der Waals surface area contributed by atoms with Gasteiger partial charge in [-0.2, -0.15) is 5.26 Å². The number of methoxy groups -OCH3 is 1. The van der Waals surface area contributed by atoms with Gasteiger partial charge in [-0.3, -0.25) is 0 Å². The summed E-state index contributed by atoms with van der Waals surface area (Å²) in [7, 11) is 1.21. The SMILES string of the molecule is COC(=O)c1c(N)c(C#N)cn1-c1cccc(F)c1C. The van der Waals surface area contributed by atoms with Gasteiger partial charge in [-0.25, -0.2) is 9.18 Å². The van der Waals surface area contributed by atoms with Crippen molar-refractivity contribution < 1.29 is 13.9 Å². The van der Waals surface area contributed by atoms with Gasteiger partial charge >= 0.3 is 5.97 Å². The van der Waals surface area contributed by atoms with Crippen molar-refractivity contribution in [3.05, 3.63) is 47.0 Å². The van der Waals surface area contributed by atoms with Gasteiger partial charge in [-0.15, -0.1) is 0 Å². The second-order valence-corrected chi connectivity index (χ2v) is 4.16. The summed E-state index contributed by atoms with van der Waals surface area (Å²) in [5.74, 6) is -1.10. The van der Waals surface area contributed by atoms with Gasteiger partial charge in [0.15, 0.2) is 5.69 Å². The fraction of sp³-hybridized carbons (Fsp3) is 0.143. The molecule has 20 heavy (non-hydrogen) atoms. The number of esters is 1. The van der Waals surface area contributed by atoms with E-state index >= 15 is 0 Å². The number of aromatic nitrogens is 1. The summed E-state index contributed by atoms with van der Waals surface area (Å²) >= 11 is 0. The Morgan fingerprint density at radius 2 is 2.20 bits per heavy atom. The lowest BCUT2D eigenvalue weighted by Gasteiger charge is -2.11. The van der Waals surface area contributed by atoms with Crippen LogP contribution in [0.2, 0.25) is 0 Å². The lowest BCUT2D eigenvalue weighted by Crippen LogP contribution is -2.12. The van der Waals surface area contributed by atoms with Crippen LogP contribution in [-0.4, -0.2) is 17.6 Å². The summed E-state index contributed by atoms with van der Waals surface area (Å²) in [4.78, 5) is 11.8. The first-order chi connectivity index (χ1) is 9.51. The zero-order valence-corrected chi connectivity index (χ0v) is 11.0. The van der Waals surface area contributed by atoms with E-state index < -0.39 is 11.8 Å². The van der Waals surface area contributed by atoms with E-state index in [1.54, 1.807) is 13.0 Å². The number of rotatable bonds is 2. The van der Waals surface area contributed by atoms with E-state index in [-0.39, 0.29) is 16.9 Å². The van der Waals surface area contributed by atoms with E-state index in [4.69, 9.17) is 11.0 Å². The lowest BCUT2D eigenvalue weighted by molar-refractivity contribution is 0.0593. The highest BCUT2D eigenvalue weighted by atomic mass is 19.1. The van der Waals surface area contributed by atoms with E-state index in [1.807, 2.05) is 6.07 Å². The van der Waals surface area contributed by atoms with Crippen molar-refractivity contribution in [2.45, 2.75) is 6.92 Å². The lowest BCUT2D eigenvalue weighted by atomic mass is 10.2. The average Bonchev–Trinajstić information content (AvgIpc) is 2.77. The van der Waals surface area contributed by atoms with Gasteiger partial charge in [0.2, 0.25) is 0 Å². The molecule has 2 N–H and O–H groups in total. The number of hydrogen-bond acceptors (Lipinski definition) is 4. The summed E-state index contributed by atoms with van der Waals surface area (Å²) in [6.07, 6.45) is 1.39. The van der Waals surface area contributed by atoms with Gasteiger partial charge in [-0.1, -0.05) is 6.07 Å². The van der Waals surface area contributed by atoms with Crippen molar-refractivity contribution in [3.63, 3.8) is 0 Å². The van der Waals surface area contributed by atoms with Crippen LogP contribution in [0.15, 0.2) is 24.4 Å². The summed E-state index contributed by atoms with van der Waals surface area (Å²) in [6, 6.07) is 6.35. The molecule has 0 atom stereocenters. The van der Waals surface area contributed by atoms with Crippen molar-refractivity contribution >= 4 is 11.7 Å². The molecule has 0 amide bonds. The third kappa shape index (κ3) is 1.99. The molecule has 0 bridgehead atoms. The average molecular weight is 273 g/mol. The van der Waals surface area contributed by atoms with E-state index in [1.165, 1.54) is 30.0 Å². The molecule has 5 nitrogen and oxygen atoms in total. The molecule has 6 heteroatoms. The van der Waals surface area contributed by atoms with Crippen LogP contribution in [0.4, 0.5) is 10.1 Å². The monoisotopic (exact) mass is 273 g/mol. The first-order valence-electron chi connectivity index (χ1n) is 5.76. The van der Waals surface area contributed by atoms with E-state index in [0.717, 1.165) is 0 Å². The van der Waals surface area contributed by atoms with Gasteiger partial charge in [0.25, 0.3) is 0 Å². The first-order valence-corrected chi connectivity index (χ1v) is 5.76. The van der Waals surface area contributed by atoms with Crippen LogP contribution < -0.4 is 5.73 Å². The van der Waals surface area contributed by atoms with Crippen LogP contribution in [0.3, 0.4) is 0 Å². The van der Waals surface area contributed by atoms with Crippen molar-refractivity contribution in [1.82, 2.24) is 4.57 Å². The maximum absolute atomic E-state index is 13.6. The highest BCUT2D eigenvalue weighted by molar-refractivity contribution is 5.96. The molecule has 0 radical (unpaired) electrons. The number of halogens is 1. The Morgan fingerprint density at radius 1 is 1.50 bits per heavy atom. The molecular weight excluding hydrogens is 261 g/mol. The Hall–Kier alpha value is -2.81. The standard InChI is InChI=1S/C14H12FN3O2/c1-8-10(15)4-3-5-11(8)18-7-9(6-16)12(17)13(18)14(19)20-2/h3-5,7H,17H2,1-2H3. The fourth-order valence-corrected chi connectivity index (χ4v) is 1.96. The molecule has 0 saturated heterocycles. The normalized spacial score (nSPS) is 10.1. The smallest absolute Gasteiger partial charge is 0.357 e. The second-order valence-electron chi connectivity index (χ2n) is 4.16. The quantitative estimate of drug-likeness (QED) is 0.850. The van der Waals surface area contributed by atoms with Crippen LogP contribution in [0.5, 0.6) is 0 Å². The van der Waals surface area contributed by atoms with Gasteiger partial charge in [0.05, 0.1) is 24.0 Å². The first kappa shape index (κ1) is 13.6. The predicted molar refractivity (Wildman–Crippen MR) is 70.9 cm³/mol. The number of nitriles is 1. The molecule has 0 spiro atoms. The Balaban J connectivity index is 2.77. The molecule has 0 saturated carbocycles. The van der Waals surface area contributed by atoms with E-state index in [2.05, 4.69) is 4.74 Å². The Kier molecular flexibility index (Phi) is 3.44. The van der Waals surface area contributed by atoms with Crippen molar-refractivity contribution in [2.75, 3.05) is 12.8 Å². The van der Waals surface area contributed by atoms with Crippen molar-refractivity contribution in [3.8, 4) is 11.8 Å². The van der Waals surface area contributed by atoms with Crippen LogP contribution in [-0.2, 0) is 4.74 Å². The molecule has 102 valence electrons. The summed E-state index contributed by atoms with van der Waals surface area (Å²) in [5.41, 5.74) is 6.71. The Morgan fingerprint density at radius 3 is 2.80 bits per heavy atom. The minimum absolute atomic E-state index is 0.0118. The Bertz CT molecular complexity index is 729. The largest absolute Gasteiger partial charge is 0.464 e. The third-order valence-electron chi connectivity index (χ3n) is 3.04. The summed E-state index contributed by atoms with van der Waals surface area (Å²) < 4.78 is 19.7. The molecule has 1 aromatic heterocycles. The van der Waals surface area contributed by atoms with Gasteiger partial charge in [0, 0.05) is 11.8 Å². The molecule has 0 fully saturated rings. The molecule has 0 unspecified atom stereocenters. The third-order valence-corrected chi connectivity index (χ3v) is 3.04. The molecule has 1 heterocycles. The number of benzene rings is 1. The number of hydrogen-bond donors (Lipinski definition) is 1. The maximum Gasteiger partial charge on any atom is 0.357 e. The molecule has 0 aliphatic rings. The minimum atomic E-state index is -0.687. The van der Waals surface area contributed by atoms with Crippen LogP contribution >= 0.6 is 0 Å². The molecule has 2 rings (SSSR count). The second kappa shape index (κ2) is 5.05. The number of nitrogens with zero attached hydrogens (tertiary/aromatic N) is 2. The fourth-order valence-electron chi connectivity index (χ4n) is 1.96. The highest BCUT2D eigenvalue weighted by Gasteiger charge is 2.22.